The summed E-state index contributed by atoms with van der Waals surface area (Å²) < 4.78 is 1.72. The molecule has 1 saturated heterocycles. The number of hydrogen-bond donors (Lipinski definition) is 0. The molecule has 2 aromatic heterocycles. The van der Waals surface area contributed by atoms with Crippen molar-refractivity contribution in [2.24, 2.45) is 5.92 Å². The van der Waals surface area contributed by atoms with Gasteiger partial charge in [-0.1, -0.05) is 13.8 Å². The Labute approximate surface area is 136 Å². The number of piperazine rings is 1. The third kappa shape index (κ3) is 3.27. The predicted octanol–water partition coefficient (Wildman–Crippen LogP) is 1.68. The Morgan fingerprint density at radius 3 is 2.70 bits per heavy atom. The van der Waals surface area contributed by atoms with Crippen molar-refractivity contribution in [3.8, 4) is 5.69 Å². The molecule has 23 heavy (non-hydrogen) atoms. The van der Waals surface area contributed by atoms with E-state index in [1.807, 2.05) is 17.0 Å². The number of amides is 1. The van der Waals surface area contributed by atoms with Crippen LogP contribution in [0.25, 0.3) is 5.69 Å². The molecule has 0 saturated carbocycles. The topological polar surface area (TPSA) is 54.3 Å². The van der Waals surface area contributed by atoms with Crippen LogP contribution in [0.5, 0.6) is 0 Å². The summed E-state index contributed by atoms with van der Waals surface area (Å²) in [7, 11) is 2.11. The van der Waals surface area contributed by atoms with E-state index in [9.17, 15) is 4.79 Å². The lowest BCUT2D eigenvalue weighted by Gasteiger charge is -2.42. The van der Waals surface area contributed by atoms with Crippen LogP contribution in [0.1, 0.15) is 24.2 Å². The van der Waals surface area contributed by atoms with Crippen molar-refractivity contribution in [1.82, 2.24) is 24.6 Å². The first-order valence-corrected chi connectivity index (χ1v) is 8.01. The van der Waals surface area contributed by atoms with Crippen LogP contribution in [-0.4, -0.2) is 63.2 Å². The van der Waals surface area contributed by atoms with Crippen molar-refractivity contribution in [2.75, 3.05) is 26.7 Å². The lowest BCUT2D eigenvalue weighted by molar-refractivity contribution is 0.0402. The Morgan fingerprint density at radius 1 is 1.26 bits per heavy atom. The first kappa shape index (κ1) is 15.7. The molecule has 0 aliphatic carbocycles. The highest BCUT2D eigenvalue weighted by Gasteiger charge is 2.32. The highest BCUT2D eigenvalue weighted by atomic mass is 16.2. The van der Waals surface area contributed by atoms with Gasteiger partial charge in [-0.2, -0.15) is 5.10 Å². The molecule has 1 unspecified atom stereocenters. The smallest absolute Gasteiger partial charge is 0.257 e. The van der Waals surface area contributed by atoms with E-state index < -0.39 is 0 Å². The molecule has 6 heteroatoms. The van der Waals surface area contributed by atoms with Crippen LogP contribution >= 0.6 is 0 Å². The molecule has 2 aromatic rings. The third-order valence-electron chi connectivity index (χ3n) is 4.41. The Bertz CT molecular complexity index is 667. The molecule has 1 aliphatic heterocycles. The van der Waals surface area contributed by atoms with Crippen LogP contribution in [0.15, 0.2) is 36.9 Å². The standard InChI is InChI=1S/C17H23N5O/c1-13(2)16-12-20(3)8-9-21(16)17(23)14-10-19-22(11-14)15-4-6-18-7-5-15/h4-7,10-11,13,16H,8-9,12H2,1-3H3. The van der Waals surface area contributed by atoms with Gasteiger partial charge in [0.05, 0.1) is 17.4 Å². The Morgan fingerprint density at radius 2 is 2.00 bits per heavy atom. The van der Waals surface area contributed by atoms with Crippen molar-refractivity contribution < 1.29 is 4.79 Å². The molecular weight excluding hydrogens is 290 g/mol. The van der Waals surface area contributed by atoms with Gasteiger partial charge in [0.1, 0.15) is 0 Å². The molecule has 0 N–H and O–H groups in total. The van der Waals surface area contributed by atoms with Gasteiger partial charge in [0.25, 0.3) is 5.91 Å². The number of carbonyl (C=O) groups excluding carboxylic acids is 1. The van der Waals surface area contributed by atoms with Crippen molar-refractivity contribution >= 4 is 5.91 Å². The molecule has 3 heterocycles. The summed E-state index contributed by atoms with van der Waals surface area (Å²) in [5.41, 5.74) is 1.54. The van der Waals surface area contributed by atoms with Crippen LogP contribution in [0, 0.1) is 5.92 Å². The van der Waals surface area contributed by atoms with Crippen molar-refractivity contribution in [2.45, 2.75) is 19.9 Å². The molecule has 0 radical (unpaired) electrons. The van der Waals surface area contributed by atoms with Crippen molar-refractivity contribution in [3.05, 3.63) is 42.5 Å². The summed E-state index contributed by atoms with van der Waals surface area (Å²) in [6.07, 6.45) is 6.88. The van der Waals surface area contributed by atoms with Gasteiger partial charge in [-0.05, 0) is 25.1 Å². The second kappa shape index (κ2) is 6.50. The number of pyridine rings is 1. The average molecular weight is 313 g/mol. The number of carbonyl (C=O) groups is 1. The molecular formula is C17H23N5O. The summed E-state index contributed by atoms with van der Waals surface area (Å²) in [6.45, 7) is 6.93. The number of aromatic nitrogens is 3. The molecule has 0 bridgehead atoms. The third-order valence-corrected chi connectivity index (χ3v) is 4.41. The first-order valence-electron chi connectivity index (χ1n) is 8.01. The quantitative estimate of drug-likeness (QED) is 0.865. The van der Waals surface area contributed by atoms with Gasteiger partial charge in [0, 0.05) is 44.3 Å². The molecule has 0 spiro atoms. The summed E-state index contributed by atoms with van der Waals surface area (Å²) in [6, 6.07) is 3.98. The molecule has 1 fully saturated rings. The fraction of sp³-hybridized carbons (Fsp3) is 0.471. The Kier molecular flexibility index (Phi) is 4.43. The highest BCUT2D eigenvalue weighted by molar-refractivity contribution is 5.94. The molecule has 6 nitrogen and oxygen atoms in total. The minimum absolute atomic E-state index is 0.0668. The maximum absolute atomic E-state index is 12.9. The maximum atomic E-state index is 12.9. The van der Waals surface area contributed by atoms with Crippen LogP contribution in [0.2, 0.25) is 0 Å². The maximum Gasteiger partial charge on any atom is 0.257 e. The van der Waals surface area contributed by atoms with Gasteiger partial charge in [-0.15, -0.1) is 0 Å². The lowest BCUT2D eigenvalue weighted by Crippen LogP contribution is -2.56. The summed E-state index contributed by atoms with van der Waals surface area (Å²) in [5.74, 6) is 0.494. The number of rotatable bonds is 3. The molecule has 0 aromatic carbocycles. The summed E-state index contributed by atoms with van der Waals surface area (Å²) in [5, 5.41) is 4.32. The number of nitrogens with zero attached hydrogens (tertiary/aromatic N) is 5. The first-order chi connectivity index (χ1) is 11.1. The Balaban J connectivity index is 1.81. The SMILES string of the molecule is CC(C)C1CN(C)CCN1C(=O)c1cnn(-c2ccncc2)c1. The molecule has 1 amide bonds. The van der Waals surface area contributed by atoms with Gasteiger partial charge in [-0.3, -0.25) is 9.78 Å². The van der Waals surface area contributed by atoms with E-state index in [4.69, 9.17) is 0 Å². The molecule has 122 valence electrons. The predicted molar refractivity (Wildman–Crippen MR) is 88.5 cm³/mol. The van der Waals surface area contributed by atoms with E-state index in [1.54, 1.807) is 29.5 Å². The second-order valence-electron chi connectivity index (χ2n) is 6.45. The van der Waals surface area contributed by atoms with E-state index in [1.165, 1.54) is 0 Å². The zero-order valence-corrected chi connectivity index (χ0v) is 13.9. The lowest BCUT2D eigenvalue weighted by atomic mass is 9.99. The fourth-order valence-electron chi connectivity index (χ4n) is 3.01. The van der Waals surface area contributed by atoms with E-state index in [0.29, 0.717) is 11.5 Å². The van der Waals surface area contributed by atoms with Crippen molar-refractivity contribution in [3.63, 3.8) is 0 Å². The van der Waals surface area contributed by atoms with Crippen molar-refractivity contribution in [1.29, 1.82) is 0 Å². The van der Waals surface area contributed by atoms with E-state index in [2.05, 4.69) is 35.9 Å². The van der Waals surface area contributed by atoms with E-state index >= 15 is 0 Å². The van der Waals surface area contributed by atoms with Gasteiger partial charge < -0.3 is 9.80 Å². The van der Waals surface area contributed by atoms with E-state index in [0.717, 1.165) is 25.3 Å². The van der Waals surface area contributed by atoms with Gasteiger partial charge in [0.2, 0.25) is 0 Å². The van der Waals surface area contributed by atoms with Crippen LogP contribution < -0.4 is 0 Å². The van der Waals surface area contributed by atoms with Gasteiger partial charge in [-0.25, -0.2) is 4.68 Å². The Hall–Kier alpha value is -2.21. The number of hydrogen-bond acceptors (Lipinski definition) is 4. The molecule has 1 atom stereocenters. The summed E-state index contributed by atoms with van der Waals surface area (Å²) in [4.78, 5) is 21.2. The zero-order chi connectivity index (χ0) is 16.4. The average Bonchev–Trinajstić information content (AvgIpc) is 3.05. The monoisotopic (exact) mass is 313 g/mol. The second-order valence-corrected chi connectivity index (χ2v) is 6.45. The summed E-state index contributed by atoms with van der Waals surface area (Å²) >= 11 is 0. The van der Waals surface area contributed by atoms with Gasteiger partial charge >= 0.3 is 0 Å². The van der Waals surface area contributed by atoms with Gasteiger partial charge in [0.15, 0.2) is 0 Å². The van der Waals surface area contributed by atoms with Crippen LogP contribution in [0.3, 0.4) is 0 Å². The molecule has 3 rings (SSSR count). The minimum atomic E-state index is 0.0668. The zero-order valence-electron chi connectivity index (χ0n) is 13.9. The molecule has 1 aliphatic rings. The highest BCUT2D eigenvalue weighted by Crippen LogP contribution is 2.19. The normalized spacial score (nSPS) is 19.3. The fourth-order valence-corrected chi connectivity index (χ4v) is 3.01. The van der Waals surface area contributed by atoms with Crippen LogP contribution in [0.4, 0.5) is 0 Å². The number of likely N-dealkylation sites (N-methyl/N-ethyl adjacent to an activating group) is 1. The largest absolute Gasteiger partial charge is 0.333 e. The minimum Gasteiger partial charge on any atom is -0.333 e. The van der Waals surface area contributed by atoms with Crippen LogP contribution in [-0.2, 0) is 0 Å². The van der Waals surface area contributed by atoms with E-state index in [-0.39, 0.29) is 11.9 Å².